The Balaban J connectivity index is 0.00000192. The van der Waals surface area contributed by atoms with Crippen molar-refractivity contribution in [2.75, 3.05) is 7.05 Å². The fraction of sp³-hybridized carbons (Fsp3) is 0.312. The molecule has 0 bridgehead atoms. The van der Waals surface area contributed by atoms with Gasteiger partial charge in [0.1, 0.15) is 0 Å². The highest BCUT2D eigenvalue weighted by Gasteiger charge is 2.11. The lowest BCUT2D eigenvalue weighted by molar-refractivity contribution is 0.377. The van der Waals surface area contributed by atoms with E-state index >= 15 is 0 Å². The van der Waals surface area contributed by atoms with Crippen LogP contribution in [0.25, 0.3) is 5.69 Å². The molecule has 23 heavy (non-hydrogen) atoms. The van der Waals surface area contributed by atoms with Gasteiger partial charge in [-0.15, -0.1) is 12.4 Å². The topological polar surface area (TPSA) is 68.8 Å². The average molecular weight is 334 g/mol. The lowest BCUT2D eigenvalue weighted by atomic mass is 10.2. The molecule has 0 spiro atoms. The van der Waals surface area contributed by atoms with E-state index in [1.54, 1.807) is 0 Å². The van der Waals surface area contributed by atoms with Gasteiger partial charge in [-0.1, -0.05) is 23.4 Å². The van der Waals surface area contributed by atoms with Crippen LogP contribution >= 0.6 is 12.4 Å². The summed E-state index contributed by atoms with van der Waals surface area (Å²) in [5.74, 6) is 1.35. The number of nitrogens with one attached hydrogen (secondary N) is 1. The molecule has 0 radical (unpaired) electrons. The zero-order chi connectivity index (χ0) is 15.4. The lowest BCUT2D eigenvalue weighted by Crippen LogP contribution is -2.24. The predicted octanol–water partition coefficient (Wildman–Crippen LogP) is 2.42. The summed E-state index contributed by atoms with van der Waals surface area (Å²) in [5.41, 5.74) is 2.07. The molecule has 3 rings (SSSR count). The van der Waals surface area contributed by atoms with E-state index in [1.807, 2.05) is 54.5 Å². The van der Waals surface area contributed by atoms with E-state index < -0.39 is 0 Å². The van der Waals surface area contributed by atoms with E-state index in [1.165, 1.54) is 0 Å². The van der Waals surface area contributed by atoms with Crippen molar-refractivity contribution in [3.05, 3.63) is 60.0 Å². The molecule has 0 aliphatic carbocycles. The fourth-order valence-electron chi connectivity index (χ4n) is 2.17. The first-order chi connectivity index (χ1) is 10.7. The number of aromatic nitrogens is 4. The Morgan fingerprint density at radius 1 is 1.26 bits per heavy atom. The van der Waals surface area contributed by atoms with Crippen LogP contribution in [0.15, 0.2) is 47.2 Å². The van der Waals surface area contributed by atoms with Gasteiger partial charge in [0.15, 0.2) is 5.82 Å². The second-order valence-electron chi connectivity index (χ2n) is 5.30. The molecule has 0 aliphatic rings. The Morgan fingerprint density at radius 3 is 2.78 bits per heavy atom. The van der Waals surface area contributed by atoms with Crippen molar-refractivity contribution in [2.45, 2.75) is 25.8 Å². The molecule has 0 amide bonds. The van der Waals surface area contributed by atoms with E-state index in [0.717, 1.165) is 23.5 Å². The number of benzene rings is 1. The molecule has 2 heterocycles. The highest BCUT2D eigenvalue weighted by atomic mass is 35.5. The Labute approximate surface area is 141 Å². The van der Waals surface area contributed by atoms with Crippen LogP contribution < -0.4 is 5.32 Å². The molecule has 1 unspecified atom stereocenters. The first-order valence-electron chi connectivity index (χ1n) is 7.32. The number of halogens is 1. The maximum atomic E-state index is 5.30. The highest BCUT2D eigenvalue weighted by molar-refractivity contribution is 5.85. The third kappa shape index (κ3) is 4.40. The number of likely N-dealkylation sites (N-methyl/N-ethyl adjacent to an activating group) is 1. The van der Waals surface area contributed by atoms with E-state index in [-0.39, 0.29) is 12.4 Å². The Hall–Kier alpha value is -2.18. The monoisotopic (exact) mass is 333 g/mol. The van der Waals surface area contributed by atoms with Crippen molar-refractivity contribution in [2.24, 2.45) is 0 Å². The van der Waals surface area contributed by atoms with Crippen LogP contribution in [0.5, 0.6) is 0 Å². The van der Waals surface area contributed by atoms with Crippen LogP contribution in [-0.4, -0.2) is 33.0 Å². The number of rotatable bonds is 6. The Bertz CT molecular complexity index is 725. The largest absolute Gasteiger partial charge is 0.339 e. The van der Waals surface area contributed by atoms with Crippen LogP contribution in [-0.2, 0) is 12.8 Å². The quantitative estimate of drug-likeness (QED) is 0.750. The molecule has 0 fully saturated rings. The molecule has 1 atom stereocenters. The van der Waals surface area contributed by atoms with Gasteiger partial charge in [-0.25, -0.2) is 4.68 Å². The molecule has 0 saturated carbocycles. The molecule has 0 saturated heterocycles. The lowest BCUT2D eigenvalue weighted by Gasteiger charge is -2.04. The Morgan fingerprint density at radius 2 is 2.04 bits per heavy atom. The van der Waals surface area contributed by atoms with Crippen molar-refractivity contribution in [3.63, 3.8) is 0 Å². The minimum atomic E-state index is 0. The standard InChI is InChI=1S/C16H19N5O.ClH/c1-12(17-2)8-15-19-16(22-20-15)9-13-10-18-21(11-13)14-6-4-3-5-7-14;/h3-7,10-12,17H,8-9H2,1-2H3;1H. The summed E-state index contributed by atoms with van der Waals surface area (Å²) in [6, 6.07) is 10.3. The number of hydrogen-bond donors (Lipinski definition) is 1. The van der Waals surface area contributed by atoms with Crippen LogP contribution in [0.1, 0.15) is 24.2 Å². The smallest absolute Gasteiger partial charge is 0.231 e. The minimum Gasteiger partial charge on any atom is -0.339 e. The molecule has 0 aliphatic heterocycles. The fourth-order valence-corrected chi connectivity index (χ4v) is 2.17. The molecule has 122 valence electrons. The molecular weight excluding hydrogens is 314 g/mol. The van der Waals surface area contributed by atoms with Gasteiger partial charge in [-0.3, -0.25) is 0 Å². The number of nitrogens with zero attached hydrogens (tertiary/aromatic N) is 4. The molecule has 6 nitrogen and oxygen atoms in total. The van der Waals surface area contributed by atoms with Crippen LogP contribution in [0.3, 0.4) is 0 Å². The summed E-state index contributed by atoms with van der Waals surface area (Å²) in [5, 5.41) is 11.5. The van der Waals surface area contributed by atoms with Gasteiger partial charge in [0.05, 0.1) is 18.3 Å². The first kappa shape index (κ1) is 17.2. The third-order valence-electron chi connectivity index (χ3n) is 3.50. The SMILES string of the molecule is CNC(C)Cc1noc(Cc2cnn(-c3ccccc3)c2)n1.Cl. The molecular formula is C16H20ClN5O. The van der Waals surface area contributed by atoms with E-state index in [2.05, 4.69) is 27.5 Å². The third-order valence-corrected chi connectivity index (χ3v) is 3.50. The Kier molecular flexibility index (Phi) is 5.90. The summed E-state index contributed by atoms with van der Waals surface area (Å²) >= 11 is 0. The van der Waals surface area contributed by atoms with Crippen molar-refractivity contribution < 1.29 is 4.52 Å². The summed E-state index contributed by atoms with van der Waals surface area (Å²) in [6.45, 7) is 2.08. The van der Waals surface area contributed by atoms with Gasteiger partial charge in [-0.05, 0) is 31.7 Å². The predicted molar refractivity (Wildman–Crippen MR) is 90.1 cm³/mol. The van der Waals surface area contributed by atoms with E-state index in [4.69, 9.17) is 4.52 Å². The highest BCUT2D eigenvalue weighted by Crippen LogP contribution is 2.11. The van der Waals surface area contributed by atoms with Crippen molar-refractivity contribution in [1.82, 2.24) is 25.2 Å². The maximum absolute atomic E-state index is 5.30. The van der Waals surface area contributed by atoms with Crippen molar-refractivity contribution in [3.8, 4) is 5.69 Å². The number of hydrogen-bond acceptors (Lipinski definition) is 5. The zero-order valence-corrected chi connectivity index (χ0v) is 14.0. The van der Waals surface area contributed by atoms with E-state index in [9.17, 15) is 0 Å². The zero-order valence-electron chi connectivity index (χ0n) is 13.1. The molecule has 7 heteroatoms. The van der Waals surface area contributed by atoms with Gasteiger partial charge in [0.2, 0.25) is 5.89 Å². The first-order valence-corrected chi connectivity index (χ1v) is 7.32. The molecule has 3 aromatic rings. The van der Waals surface area contributed by atoms with Gasteiger partial charge in [0.25, 0.3) is 0 Å². The van der Waals surface area contributed by atoms with E-state index in [0.29, 0.717) is 18.4 Å². The molecule has 1 N–H and O–H groups in total. The second kappa shape index (κ2) is 7.89. The minimum absolute atomic E-state index is 0. The summed E-state index contributed by atoms with van der Waals surface area (Å²) in [7, 11) is 1.92. The molecule has 1 aromatic carbocycles. The van der Waals surface area contributed by atoms with Gasteiger partial charge in [0, 0.05) is 18.7 Å². The van der Waals surface area contributed by atoms with Gasteiger partial charge < -0.3 is 9.84 Å². The maximum Gasteiger partial charge on any atom is 0.231 e. The summed E-state index contributed by atoms with van der Waals surface area (Å²) < 4.78 is 7.15. The summed E-state index contributed by atoms with van der Waals surface area (Å²) in [4.78, 5) is 4.42. The molecule has 2 aromatic heterocycles. The van der Waals surface area contributed by atoms with Gasteiger partial charge >= 0.3 is 0 Å². The number of para-hydroxylation sites is 1. The van der Waals surface area contributed by atoms with Crippen molar-refractivity contribution >= 4 is 12.4 Å². The van der Waals surface area contributed by atoms with Crippen LogP contribution in [0.2, 0.25) is 0 Å². The van der Waals surface area contributed by atoms with Crippen LogP contribution in [0.4, 0.5) is 0 Å². The van der Waals surface area contributed by atoms with Gasteiger partial charge in [-0.2, -0.15) is 10.1 Å². The van der Waals surface area contributed by atoms with Crippen LogP contribution in [0, 0.1) is 0 Å². The average Bonchev–Trinajstić information content (AvgIpc) is 3.18. The van der Waals surface area contributed by atoms with Crippen molar-refractivity contribution in [1.29, 1.82) is 0 Å². The second-order valence-corrected chi connectivity index (χ2v) is 5.30. The summed E-state index contributed by atoms with van der Waals surface area (Å²) in [6.07, 6.45) is 5.15. The normalized spacial score (nSPS) is 11.9.